The Bertz CT molecular complexity index is 745. The topological polar surface area (TPSA) is 70.6 Å². The third-order valence-electron chi connectivity index (χ3n) is 3.24. The van der Waals surface area contributed by atoms with E-state index in [1.807, 2.05) is 43.3 Å². The van der Waals surface area contributed by atoms with Crippen molar-refractivity contribution in [2.45, 2.75) is 19.8 Å². The molecule has 0 radical (unpaired) electrons. The van der Waals surface area contributed by atoms with Crippen LogP contribution >= 0.6 is 11.6 Å². The summed E-state index contributed by atoms with van der Waals surface area (Å²) < 4.78 is 0. The first-order chi connectivity index (χ1) is 11.5. The van der Waals surface area contributed by atoms with Crippen LogP contribution in [0.3, 0.4) is 0 Å². The highest BCUT2D eigenvalue weighted by atomic mass is 35.5. The van der Waals surface area contributed by atoms with E-state index in [1.54, 1.807) is 18.3 Å². The minimum Gasteiger partial charge on any atom is -0.326 e. The first kappa shape index (κ1) is 17.7. The molecule has 0 saturated carbocycles. The highest BCUT2D eigenvalue weighted by Gasteiger charge is 2.07. The van der Waals surface area contributed by atoms with Crippen LogP contribution in [0.4, 0.5) is 5.69 Å². The van der Waals surface area contributed by atoms with Crippen molar-refractivity contribution in [2.75, 3.05) is 5.32 Å². The molecule has 2 amide bonds. The number of carbonyl (C=O) groups is 2. The zero-order chi connectivity index (χ0) is 17.4. The second-order valence-corrected chi connectivity index (χ2v) is 5.62. The summed E-state index contributed by atoms with van der Waals surface area (Å²) in [7, 11) is 0. The van der Waals surface area contributed by atoms with E-state index >= 15 is 0 Å². The molecule has 0 bridgehead atoms. The molecule has 0 spiro atoms. The summed E-state index contributed by atoms with van der Waals surface area (Å²) in [6.45, 7) is 1.88. The van der Waals surface area contributed by atoms with Gasteiger partial charge in [0.15, 0.2) is 0 Å². The van der Waals surface area contributed by atoms with Gasteiger partial charge in [-0.3, -0.25) is 9.59 Å². The third-order valence-corrected chi connectivity index (χ3v) is 3.64. The number of nitrogens with zero attached hydrogens (tertiary/aromatic N) is 1. The number of aryl methyl sites for hydroxylation is 1. The average Bonchev–Trinajstić information content (AvgIpc) is 2.57. The second kappa shape index (κ2) is 8.84. The van der Waals surface area contributed by atoms with Gasteiger partial charge in [-0.2, -0.15) is 5.10 Å². The number of rotatable bonds is 6. The Hall–Kier alpha value is -2.66. The van der Waals surface area contributed by atoms with E-state index in [2.05, 4.69) is 15.8 Å². The normalized spacial score (nSPS) is 10.6. The molecular weight excluding hydrogens is 326 g/mol. The van der Waals surface area contributed by atoms with Crippen LogP contribution in [-0.2, 0) is 9.59 Å². The standard InChI is InChI=1S/C18H18ClN3O2/c1-13-7-8-15(11-16(13)19)21-17(23)9-10-18(24)22-20-12-14-5-3-2-4-6-14/h2-8,11-12H,9-10H2,1H3,(H,21,23)(H,22,24). The monoisotopic (exact) mass is 343 g/mol. The van der Waals surface area contributed by atoms with Gasteiger partial charge in [-0.15, -0.1) is 0 Å². The van der Waals surface area contributed by atoms with Crippen LogP contribution in [0, 0.1) is 6.92 Å². The predicted octanol–water partition coefficient (Wildman–Crippen LogP) is 3.52. The lowest BCUT2D eigenvalue weighted by Gasteiger charge is -2.06. The number of amides is 2. The highest BCUT2D eigenvalue weighted by Crippen LogP contribution is 2.20. The number of nitrogens with one attached hydrogen (secondary N) is 2. The van der Waals surface area contributed by atoms with Gasteiger partial charge in [-0.1, -0.05) is 48.0 Å². The lowest BCUT2D eigenvalue weighted by molar-refractivity contribution is -0.124. The molecule has 0 aliphatic carbocycles. The van der Waals surface area contributed by atoms with Crippen LogP contribution in [-0.4, -0.2) is 18.0 Å². The van der Waals surface area contributed by atoms with Gasteiger partial charge in [0.1, 0.15) is 0 Å². The van der Waals surface area contributed by atoms with Crippen molar-refractivity contribution in [3.63, 3.8) is 0 Å². The number of halogens is 1. The van der Waals surface area contributed by atoms with Crippen molar-refractivity contribution >= 4 is 35.3 Å². The molecule has 0 fully saturated rings. The Morgan fingerprint density at radius 1 is 1.08 bits per heavy atom. The maximum absolute atomic E-state index is 11.8. The summed E-state index contributed by atoms with van der Waals surface area (Å²) >= 11 is 6.00. The average molecular weight is 344 g/mol. The lowest BCUT2D eigenvalue weighted by Crippen LogP contribution is -2.20. The van der Waals surface area contributed by atoms with Crippen molar-refractivity contribution < 1.29 is 9.59 Å². The number of hydrazone groups is 1. The Morgan fingerprint density at radius 2 is 1.79 bits per heavy atom. The van der Waals surface area contributed by atoms with E-state index in [1.165, 1.54) is 0 Å². The Kier molecular flexibility index (Phi) is 6.51. The number of benzene rings is 2. The fourth-order valence-electron chi connectivity index (χ4n) is 1.89. The van der Waals surface area contributed by atoms with E-state index in [0.29, 0.717) is 10.7 Å². The molecule has 0 saturated heterocycles. The number of hydrogen-bond donors (Lipinski definition) is 2. The van der Waals surface area contributed by atoms with Crippen molar-refractivity contribution in [2.24, 2.45) is 5.10 Å². The third kappa shape index (κ3) is 5.85. The Balaban J connectivity index is 1.73. The number of carbonyl (C=O) groups excluding carboxylic acids is 2. The molecule has 0 aromatic heterocycles. The lowest BCUT2D eigenvalue weighted by atomic mass is 10.2. The van der Waals surface area contributed by atoms with Crippen LogP contribution in [0.5, 0.6) is 0 Å². The van der Waals surface area contributed by atoms with E-state index in [4.69, 9.17) is 11.6 Å². The van der Waals surface area contributed by atoms with Crippen molar-refractivity contribution in [3.05, 3.63) is 64.7 Å². The van der Waals surface area contributed by atoms with Crippen molar-refractivity contribution in [1.29, 1.82) is 0 Å². The van der Waals surface area contributed by atoms with Gasteiger partial charge in [0.2, 0.25) is 11.8 Å². The van der Waals surface area contributed by atoms with Crippen LogP contribution in [0.2, 0.25) is 5.02 Å². The molecule has 124 valence electrons. The van der Waals surface area contributed by atoms with Crippen molar-refractivity contribution in [1.82, 2.24) is 5.43 Å². The largest absolute Gasteiger partial charge is 0.326 e. The predicted molar refractivity (Wildman–Crippen MR) is 96.2 cm³/mol. The first-order valence-corrected chi connectivity index (χ1v) is 7.85. The molecule has 5 nitrogen and oxygen atoms in total. The van der Waals surface area contributed by atoms with E-state index in [0.717, 1.165) is 11.1 Å². The van der Waals surface area contributed by atoms with Gasteiger partial charge in [0.25, 0.3) is 0 Å². The Labute approximate surface area is 145 Å². The zero-order valence-corrected chi connectivity index (χ0v) is 14.0. The second-order valence-electron chi connectivity index (χ2n) is 5.22. The van der Waals surface area contributed by atoms with E-state index < -0.39 is 0 Å². The SMILES string of the molecule is Cc1ccc(NC(=O)CCC(=O)NN=Cc2ccccc2)cc1Cl. The quantitative estimate of drug-likeness (QED) is 0.622. The summed E-state index contributed by atoms with van der Waals surface area (Å²) in [5.74, 6) is -0.573. The van der Waals surface area contributed by atoms with Crippen LogP contribution < -0.4 is 10.7 Å². The fraction of sp³-hybridized carbons (Fsp3) is 0.167. The number of anilines is 1. The van der Waals surface area contributed by atoms with E-state index in [9.17, 15) is 9.59 Å². The fourth-order valence-corrected chi connectivity index (χ4v) is 2.08. The molecule has 24 heavy (non-hydrogen) atoms. The number of hydrogen-bond acceptors (Lipinski definition) is 3. The molecule has 6 heteroatoms. The molecular formula is C18H18ClN3O2. The molecule has 2 N–H and O–H groups in total. The molecule has 2 aromatic carbocycles. The molecule has 2 rings (SSSR count). The van der Waals surface area contributed by atoms with Crippen molar-refractivity contribution in [3.8, 4) is 0 Å². The smallest absolute Gasteiger partial charge is 0.240 e. The van der Waals surface area contributed by atoms with Gasteiger partial charge < -0.3 is 5.32 Å². The molecule has 0 aliphatic heterocycles. The molecule has 0 heterocycles. The summed E-state index contributed by atoms with van der Waals surface area (Å²) in [4.78, 5) is 23.5. The highest BCUT2D eigenvalue weighted by molar-refractivity contribution is 6.31. The van der Waals surface area contributed by atoms with Crippen LogP contribution in [0.15, 0.2) is 53.6 Å². The van der Waals surface area contributed by atoms with Gasteiger partial charge in [-0.05, 0) is 30.2 Å². The maximum atomic E-state index is 11.8. The molecule has 0 aliphatic rings. The van der Waals surface area contributed by atoms with Crippen LogP contribution in [0.1, 0.15) is 24.0 Å². The maximum Gasteiger partial charge on any atom is 0.240 e. The summed E-state index contributed by atoms with van der Waals surface area (Å²) in [5.41, 5.74) is 4.82. The van der Waals surface area contributed by atoms with Gasteiger partial charge >= 0.3 is 0 Å². The minimum absolute atomic E-state index is 0.0531. The summed E-state index contributed by atoms with van der Waals surface area (Å²) in [6.07, 6.45) is 1.67. The van der Waals surface area contributed by atoms with Gasteiger partial charge in [0, 0.05) is 23.6 Å². The minimum atomic E-state index is -0.320. The molecule has 2 aromatic rings. The first-order valence-electron chi connectivity index (χ1n) is 7.47. The molecule has 0 unspecified atom stereocenters. The summed E-state index contributed by atoms with van der Waals surface area (Å²) in [5, 5.41) is 7.14. The molecule has 0 atom stereocenters. The van der Waals surface area contributed by atoms with Gasteiger partial charge in [-0.25, -0.2) is 5.43 Å². The summed E-state index contributed by atoms with van der Waals surface area (Å²) in [6, 6.07) is 14.7. The van der Waals surface area contributed by atoms with E-state index in [-0.39, 0.29) is 24.7 Å². The van der Waals surface area contributed by atoms with Crippen LogP contribution in [0.25, 0.3) is 0 Å². The Morgan fingerprint density at radius 3 is 2.50 bits per heavy atom. The van der Waals surface area contributed by atoms with Gasteiger partial charge in [0.05, 0.1) is 6.21 Å². The zero-order valence-electron chi connectivity index (χ0n) is 13.3.